The van der Waals surface area contributed by atoms with Crippen LogP contribution in [0.1, 0.15) is 21.5 Å². The predicted octanol–water partition coefficient (Wildman–Crippen LogP) is 4.17. The van der Waals surface area contributed by atoms with E-state index in [0.29, 0.717) is 34.2 Å². The Balaban J connectivity index is 1.54. The topological polar surface area (TPSA) is 78.5 Å². The number of benzene rings is 3. The van der Waals surface area contributed by atoms with Crippen molar-refractivity contribution in [2.45, 2.75) is 17.5 Å². The monoisotopic (exact) mass is 456 g/mol. The number of aromatic nitrogens is 4. The Morgan fingerprint density at radius 1 is 0.909 bits per heavy atom. The molecule has 0 aliphatic rings. The number of esters is 1. The van der Waals surface area contributed by atoms with E-state index >= 15 is 0 Å². The molecule has 0 radical (unpaired) electrons. The van der Waals surface area contributed by atoms with Gasteiger partial charge in [-0.1, -0.05) is 66.4 Å². The molecule has 0 amide bonds. The third-order valence-corrected chi connectivity index (χ3v) is 6.40. The highest BCUT2D eigenvalue weighted by Crippen LogP contribution is 2.25. The molecule has 0 fully saturated rings. The van der Waals surface area contributed by atoms with Crippen LogP contribution in [0.4, 0.5) is 0 Å². The molecule has 164 valence electrons. The molecular formula is C25H20N4O3S. The summed E-state index contributed by atoms with van der Waals surface area (Å²) in [6.45, 7) is 0.409. The first kappa shape index (κ1) is 21.0. The van der Waals surface area contributed by atoms with E-state index in [0.717, 1.165) is 16.6 Å². The second-order valence-corrected chi connectivity index (χ2v) is 8.43. The molecular weight excluding hydrogens is 436 g/mol. The third kappa shape index (κ3) is 4.01. The van der Waals surface area contributed by atoms with Gasteiger partial charge in [-0.25, -0.2) is 4.79 Å². The van der Waals surface area contributed by atoms with Gasteiger partial charge in [0.05, 0.1) is 30.1 Å². The van der Waals surface area contributed by atoms with Crippen LogP contribution in [0.5, 0.6) is 0 Å². The van der Waals surface area contributed by atoms with Crippen LogP contribution in [0.25, 0.3) is 16.7 Å². The zero-order valence-corrected chi connectivity index (χ0v) is 18.7. The second kappa shape index (κ2) is 8.91. The van der Waals surface area contributed by atoms with Crippen LogP contribution in [0.3, 0.4) is 0 Å². The lowest BCUT2D eigenvalue weighted by atomic mass is 10.1. The second-order valence-electron chi connectivity index (χ2n) is 7.49. The van der Waals surface area contributed by atoms with Gasteiger partial charge in [-0.2, -0.15) is 0 Å². The summed E-state index contributed by atoms with van der Waals surface area (Å²) < 4.78 is 8.36. The Hall–Kier alpha value is -3.91. The third-order valence-electron chi connectivity index (χ3n) is 5.40. The summed E-state index contributed by atoms with van der Waals surface area (Å²) in [5, 5.41) is 10.1. The van der Waals surface area contributed by atoms with Crippen molar-refractivity contribution in [1.82, 2.24) is 19.2 Å². The van der Waals surface area contributed by atoms with Crippen molar-refractivity contribution in [1.29, 1.82) is 0 Å². The van der Waals surface area contributed by atoms with Gasteiger partial charge in [0.1, 0.15) is 0 Å². The largest absolute Gasteiger partial charge is 0.465 e. The number of carbonyl (C=O) groups excluding carboxylic acids is 1. The van der Waals surface area contributed by atoms with Crippen molar-refractivity contribution in [3.8, 4) is 0 Å². The van der Waals surface area contributed by atoms with Crippen molar-refractivity contribution in [2.75, 3.05) is 7.11 Å². The number of fused-ring (bicyclic) bond motifs is 3. The number of hydrogen-bond acceptors (Lipinski definition) is 6. The van der Waals surface area contributed by atoms with Gasteiger partial charge in [0.15, 0.2) is 5.16 Å². The number of thioether (sulfide) groups is 1. The molecule has 0 saturated carbocycles. The number of hydrogen-bond donors (Lipinski definition) is 0. The summed E-state index contributed by atoms with van der Waals surface area (Å²) in [4.78, 5) is 24.9. The van der Waals surface area contributed by atoms with Gasteiger partial charge in [-0.15, -0.1) is 10.2 Å². The summed E-state index contributed by atoms with van der Waals surface area (Å²) in [5.41, 5.74) is 3.24. The van der Waals surface area contributed by atoms with Crippen LogP contribution in [0, 0.1) is 0 Å². The number of methoxy groups -OCH3 is 1. The van der Waals surface area contributed by atoms with E-state index in [9.17, 15) is 9.59 Å². The highest BCUT2D eigenvalue weighted by Gasteiger charge is 2.17. The number of ether oxygens (including phenoxy) is 1. The summed E-state index contributed by atoms with van der Waals surface area (Å²) in [5.74, 6) is 0.778. The highest BCUT2D eigenvalue weighted by molar-refractivity contribution is 7.98. The molecule has 7 nitrogen and oxygen atoms in total. The average Bonchev–Trinajstić information content (AvgIpc) is 3.30. The molecule has 0 bridgehead atoms. The van der Waals surface area contributed by atoms with Crippen LogP contribution in [0.15, 0.2) is 88.8 Å². The molecule has 5 aromatic rings. The maximum absolute atomic E-state index is 13.3. The Kier molecular flexibility index (Phi) is 5.66. The van der Waals surface area contributed by atoms with Crippen LogP contribution in [-0.4, -0.2) is 32.2 Å². The molecule has 2 heterocycles. The fraction of sp³-hybridized carbons (Fsp3) is 0.120. The molecule has 0 N–H and O–H groups in total. The molecule has 0 aliphatic heterocycles. The molecule has 3 aromatic carbocycles. The van der Waals surface area contributed by atoms with E-state index in [4.69, 9.17) is 4.74 Å². The van der Waals surface area contributed by atoms with Crippen molar-refractivity contribution < 1.29 is 9.53 Å². The molecule has 0 spiro atoms. The molecule has 0 aliphatic carbocycles. The first-order valence-electron chi connectivity index (χ1n) is 10.4. The molecule has 2 aromatic heterocycles. The van der Waals surface area contributed by atoms with Gasteiger partial charge < -0.3 is 4.74 Å². The van der Waals surface area contributed by atoms with Gasteiger partial charge in [-0.3, -0.25) is 13.8 Å². The van der Waals surface area contributed by atoms with Gasteiger partial charge in [-0.05, 0) is 35.4 Å². The van der Waals surface area contributed by atoms with Crippen LogP contribution < -0.4 is 5.56 Å². The molecule has 8 heteroatoms. The molecule has 5 rings (SSSR count). The summed E-state index contributed by atoms with van der Waals surface area (Å²) in [6, 6.07) is 24.6. The predicted molar refractivity (Wildman–Crippen MR) is 128 cm³/mol. The quantitative estimate of drug-likeness (QED) is 0.282. The molecule has 33 heavy (non-hydrogen) atoms. The smallest absolute Gasteiger partial charge is 0.337 e. The van der Waals surface area contributed by atoms with Crippen molar-refractivity contribution in [2.24, 2.45) is 0 Å². The minimum Gasteiger partial charge on any atom is -0.465 e. The molecule has 0 saturated heterocycles. The highest BCUT2D eigenvalue weighted by atomic mass is 32.2. The van der Waals surface area contributed by atoms with Gasteiger partial charge >= 0.3 is 5.97 Å². The number of rotatable bonds is 6. The van der Waals surface area contributed by atoms with Crippen molar-refractivity contribution in [3.05, 3.63) is 106 Å². The lowest BCUT2D eigenvalue weighted by Gasteiger charge is -2.11. The average molecular weight is 457 g/mol. The molecule has 0 unspecified atom stereocenters. The summed E-state index contributed by atoms with van der Waals surface area (Å²) >= 11 is 1.52. The van der Waals surface area contributed by atoms with E-state index in [1.54, 1.807) is 16.7 Å². The first-order chi connectivity index (χ1) is 16.2. The zero-order chi connectivity index (χ0) is 22.8. The Labute approximate surface area is 193 Å². The van der Waals surface area contributed by atoms with E-state index in [2.05, 4.69) is 10.2 Å². The molecule has 0 atom stereocenters. The van der Waals surface area contributed by atoms with E-state index in [1.807, 2.05) is 71.1 Å². The number of nitrogens with zero attached hydrogens (tertiary/aromatic N) is 4. The Bertz CT molecular complexity index is 1510. The van der Waals surface area contributed by atoms with Gasteiger partial charge in [0, 0.05) is 5.75 Å². The fourth-order valence-corrected chi connectivity index (χ4v) is 4.63. The Morgan fingerprint density at radius 2 is 1.64 bits per heavy atom. The normalized spacial score (nSPS) is 11.2. The van der Waals surface area contributed by atoms with Crippen LogP contribution >= 0.6 is 11.8 Å². The Morgan fingerprint density at radius 3 is 2.39 bits per heavy atom. The number of carbonyl (C=O) groups is 1. The maximum Gasteiger partial charge on any atom is 0.337 e. The summed E-state index contributed by atoms with van der Waals surface area (Å²) in [7, 11) is 1.37. The zero-order valence-electron chi connectivity index (χ0n) is 17.8. The first-order valence-corrected chi connectivity index (χ1v) is 11.3. The van der Waals surface area contributed by atoms with Crippen LogP contribution in [0.2, 0.25) is 0 Å². The van der Waals surface area contributed by atoms with Gasteiger partial charge in [0.25, 0.3) is 5.56 Å². The van der Waals surface area contributed by atoms with Gasteiger partial charge in [0.2, 0.25) is 5.78 Å². The summed E-state index contributed by atoms with van der Waals surface area (Å²) in [6.07, 6.45) is 0. The minimum atomic E-state index is -0.361. The maximum atomic E-state index is 13.3. The van der Waals surface area contributed by atoms with Crippen molar-refractivity contribution in [3.63, 3.8) is 0 Å². The lowest BCUT2D eigenvalue weighted by Crippen LogP contribution is -2.24. The standard InChI is InChI=1S/C25H20N4O3S/c1-32-23(31)19-13-11-18(12-14-19)16-33-25-27-26-24-28(15-17-7-3-2-4-8-17)22(30)20-9-5-6-10-21(20)29(24)25/h2-14H,15-16H2,1H3. The minimum absolute atomic E-state index is 0.0932. The van der Waals surface area contributed by atoms with Crippen LogP contribution in [-0.2, 0) is 17.0 Å². The lowest BCUT2D eigenvalue weighted by molar-refractivity contribution is 0.0600. The van der Waals surface area contributed by atoms with E-state index in [-0.39, 0.29) is 11.5 Å². The van der Waals surface area contributed by atoms with E-state index < -0.39 is 0 Å². The fourth-order valence-electron chi connectivity index (χ4n) is 3.74. The van der Waals surface area contributed by atoms with Crippen molar-refractivity contribution >= 4 is 34.4 Å². The van der Waals surface area contributed by atoms with E-state index in [1.165, 1.54) is 18.9 Å². The SMILES string of the molecule is COC(=O)c1ccc(CSc2nnc3n(Cc4ccccc4)c(=O)c4ccccc4n23)cc1. The number of para-hydroxylation sites is 1.